The Bertz CT molecular complexity index is 754. The van der Waals surface area contributed by atoms with E-state index in [4.69, 9.17) is 0 Å². The van der Waals surface area contributed by atoms with Crippen molar-refractivity contribution in [2.45, 2.75) is 37.8 Å². The van der Waals surface area contributed by atoms with Crippen LogP contribution in [0.1, 0.15) is 36.0 Å². The van der Waals surface area contributed by atoms with Crippen LogP contribution in [0.3, 0.4) is 0 Å². The maximum absolute atomic E-state index is 13.1. The predicted molar refractivity (Wildman–Crippen MR) is 108 cm³/mol. The van der Waals surface area contributed by atoms with Gasteiger partial charge in [-0.3, -0.25) is 4.79 Å². The van der Waals surface area contributed by atoms with Crippen molar-refractivity contribution in [2.24, 2.45) is 0 Å². The van der Waals surface area contributed by atoms with Gasteiger partial charge in [0.2, 0.25) is 0 Å². The zero-order valence-corrected chi connectivity index (χ0v) is 15.8. The van der Waals surface area contributed by atoms with E-state index in [1.165, 1.54) is 19.3 Å². The van der Waals surface area contributed by atoms with E-state index in [0.29, 0.717) is 18.5 Å². The molecule has 2 atom stereocenters. The minimum Gasteiger partial charge on any atom is -0.391 e. The lowest BCUT2D eigenvalue weighted by Crippen LogP contribution is -2.44. The average Bonchev–Trinajstić information content (AvgIpc) is 3.09. The van der Waals surface area contributed by atoms with Crippen LogP contribution in [0.15, 0.2) is 54.6 Å². The summed E-state index contributed by atoms with van der Waals surface area (Å²) in [6, 6.07) is 18.1. The zero-order valence-electron chi connectivity index (χ0n) is 15.8. The smallest absolute Gasteiger partial charge is 0.254 e. The number of rotatable bonds is 4. The highest BCUT2D eigenvalue weighted by Crippen LogP contribution is 2.25. The fourth-order valence-electron chi connectivity index (χ4n) is 4.36. The van der Waals surface area contributed by atoms with Crippen LogP contribution in [0, 0.1) is 0 Å². The van der Waals surface area contributed by atoms with Crippen molar-refractivity contribution in [2.75, 3.05) is 26.2 Å². The minimum atomic E-state index is -0.410. The van der Waals surface area contributed by atoms with Crippen LogP contribution in [0.25, 0.3) is 11.1 Å². The number of piperidine rings is 1. The maximum atomic E-state index is 13.1. The van der Waals surface area contributed by atoms with Gasteiger partial charge in [-0.05, 0) is 55.6 Å². The van der Waals surface area contributed by atoms with E-state index < -0.39 is 6.10 Å². The molecular weight excluding hydrogens is 336 g/mol. The molecule has 4 rings (SSSR count). The molecule has 0 aromatic heterocycles. The Labute approximate surface area is 161 Å². The van der Waals surface area contributed by atoms with E-state index in [-0.39, 0.29) is 11.9 Å². The summed E-state index contributed by atoms with van der Waals surface area (Å²) in [5.41, 5.74) is 2.96. The lowest BCUT2D eigenvalue weighted by Gasteiger charge is -2.32. The molecular formula is C23H28N2O2. The Morgan fingerprint density at radius 3 is 2.30 bits per heavy atom. The second kappa shape index (κ2) is 8.24. The van der Waals surface area contributed by atoms with Crippen LogP contribution in [-0.2, 0) is 0 Å². The second-order valence-electron chi connectivity index (χ2n) is 7.81. The number of β-amino-alcohol motifs (C(OH)–C–C–N with tert-alkyl or cyclic N) is 1. The molecule has 4 heteroatoms. The molecule has 1 amide bonds. The van der Waals surface area contributed by atoms with Gasteiger partial charge in [0.25, 0.3) is 5.91 Å². The first kappa shape index (κ1) is 18.2. The largest absolute Gasteiger partial charge is 0.391 e. The van der Waals surface area contributed by atoms with Crippen molar-refractivity contribution in [3.63, 3.8) is 0 Å². The molecule has 2 aromatic rings. The van der Waals surface area contributed by atoms with Gasteiger partial charge in [0.05, 0.1) is 6.10 Å². The van der Waals surface area contributed by atoms with Gasteiger partial charge < -0.3 is 14.9 Å². The molecule has 2 saturated heterocycles. The fraction of sp³-hybridized carbons (Fsp3) is 0.435. The van der Waals surface area contributed by atoms with Gasteiger partial charge in [-0.1, -0.05) is 48.9 Å². The van der Waals surface area contributed by atoms with E-state index in [2.05, 4.69) is 17.0 Å². The molecule has 2 fully saturated rings. The molecule has 142 valence electrons. The van der Waals surface area contributed by atoms with Crippen molar-refractivity contribution in [1.82, 2.24) is 9.80 Å². The molecule has 1 N–H and O–H groups in total. The molecule has 0 spiro atoms. The van der Waals surface area contributed by atoms with Gasteiger partial charge in [0, 0.05) is 24.7 Å². The van der Waals surface area contributed by atoms with Gasteiger partial charge in [-0.2, -0.15) is 0 Å². The summed E-state index contributed by atoms with van der Waals surface area (Å²) in [4.78, 5) is 17.4. The highest BCUT2D eigenvalue weighted by Gasteiger charge is 2.35. The normalized spacial score (nSPS) is 23.5. The summed E-state index contributed by atoms with van der Waals surface area (Å²) in [7, 11) is 0. The summed E-state index contributed by atoms with van der Waals surface area (Å²) in [6.07, 6.45) is 4.06. The van der Waals surface area contributed by atoms with E-state index in [9.17, 15) is 9.90 Å². The number of hydrogen-bond donors (Lipinski definition) is 1. The first-order chi connectivity index (χ1) is 13.2. The quantitative estimate of drug-likeness (QED) is 0.904. The van der Waals surface area contributed by atoms with Crippen LogP contribution in [0.5, 0.6) is 0 Å². The molecule has 2 heterocycles. The van der Waals surface area contributed by atoms with Crippen molar-refractivity contribution < 1.29 is 9.90 Å². The zero-order chi connectivity index (χ0) is 18.6. The molecule has 2 aliphatic rings. The average molecular weight is 364 g/mol. The van der Waals surface area contributed by atoms with Gasteiger partial charge in [-0.25, -0.2) is 0 Å². The Balaban J connectivity index is 1.47. The monoisotopic (exact) mass is 364 g/mol. The standard InChI is InChI=1S/C23H28N2O2/c26-22-15-21(16-24-13-5-2-6-14-24)25(17-22)23(27)20-11-9-19(10-12-20)18-7-3-1-4-8-18/h1,3-4,7-12,21-22,26H,2,5-6,13-17H2/t21-,22+/m0/s1. The highest BCUT2D eigenvalue weighted by molar-refractivity contribution is 5.95. The Kier molecular flexibility index (Phi) is 5.55. The molecule has 0 bridgehead atoms. The molecule has 0 unspecified atom stereocenters. The number of hydrogen-bond acceptors (Lipinski definition) is 3. The number of nitrogens with zero attached hydrogens (tertiary/aromatic N) is 2. The third kappa shape index (κ3) is 4.23. The number of aliphatic hydroxyl groups excluding tert-OH is 1. The number of benzene rings is 2. The van der Waals surface area contributed by atoms with Crippen LogP contribution in [0.4, 0.5) is 0 Å². The van der Waals surface area contributed by atoms with Crippen molar-refractivity contribution in [1.29, 1.82) is 0 Å². The third-order valence-electron chi connectivity index (χ3n) is 5.81. The van der Waals surface area contributed by atoms with Gasteiger partial charge >= 0.3 is 0 Å². The third-order valence-corrected chi connectivity index (χ3v) is 5.81. The van der Waals surface area contributed by atoms with Crippen molar-refractivity contribution >= 4 is 5.91 Å². The summed E-state index contributed by atoms with van der Waals surface area (Å²) in [5.74, 6) is 0.0353. The van der Waals surface area contributed by atoms with Crippen LogP contribution >= 0.6 is 0 Å². The number of amides is 1. The molecule has 0 aliphatic carbocycles. The van der Waals surface area contributed by atoms with E-state index in [0.717, 1.165) is 30.8 Å². The van der Waals surface area contributed by atoms with E-state index >= 15 is 0 Å². The number of carbonyl (C=O) groups excluding carboxylic acids is 1. The predicted octanol–water partition coefficient (Wildman–Crippen LogP) is 3.41. The molecule has 27 heavy (non-hydrogen) atoms. The first-order valence-electron chi connectivity index (χ1n) is 10.1. The number of aliphatic hydroxyl groups is 1. The molecule has 0 saturated carbocycles. The second-order valence-corrected chi connectivity index (χ2v) is 7.81. The summed E-state index contributed by atoms with van der Waals surface area (Å²) in [6.45, 7) is 3.55. The molecule has 0 radical (unpaired) electrons. The maximum Gasteiger partial charge on any atom is 0.254 e. The SMILES string of the molecule is O=C(c1ccc(-c2ccccc2)cc1)N1C[C@H](O)C[C@H]1CN1CCCCC1. The number of likely N-dealkylation sites (tertiary alicyclic amines) is 2. The summed E-state index contributed by atoms with van der Waals surface area (Å²) >= 11 is 0. The summed E-state index contributed by atoms with van der Waals surface area (Å²) in [5, 5.41) is 10.2. The lowest BCUT2D eigenvalue weighted by atomic mass is 10.0. The Hall–Kier alpha value is -2.17. The highest BCUT2D eigenvalue weighted by atomic mass is 16.3. The van der Waals surface area contributed by atoms with E-state index in [1.54, 1.807) is 0 Å². The van der Waals surface area contributed by atoms with Gasteiger partial charge in [0.1, 0.15) is 0 Å². The van der Waals surface area contributed by atoms with E-state index in [1.807, 2.05) is 47.4 Å². The van der Waals surface area contributed by atoms with Crippen LogP contribution in [-0.4, -0.2) is 59.1 Å². The van der Waals surface area contributed by atoms with Crippen molar-refractivity contribution in [3.05, 3.63) is 60.2 Å². The van der Waals surface area contributed by atoms with Crippen LogP contribution in [0.2, 0.25) is 0 Å². The lowest BCUT2D eigenvalue weighted by molar-refractivity contribution is 0.0676. The van der Waals surface area contributed by atoms with Gasteiger partial charge in [-0.15, -0.1) is 0 Å². The van der Waals surface area contributed by atoms with Crippen LogP contribution < -0.4 is 0 Å². The Morgan fingerprint density at radius 2 is 1.59 bits per heavy atom. The molecule has 2 aromatic carbocycles. The van der Waals surface area contributed by atoms with Crippen molar-refractivity contribution in [3.8, 4) is 11.1 Å². The fourth-order valence-corrected chi connectivity index (χ4v) is 4.36. The molecule has 4 nitrogen and oxygen atoms in total. The Morgan fingerprint density at radius 1 is 0.926 bits per heavy atom. The van der Waals surface area contributed by atoms with Gasteiger partial charge in [0.15, 0.2) is 0 Å². The molecule has 2 aliphatic heterocycles. The number of carbonyl (C=O) groups is 1. The minimum absolute atomic E-state index is 0.0353. The summed E-state index contributed by atoms with van der Waals surface area (Å²) < 4.78 is 0. The topological polar surface area (TPSA) is 43.8 Å². The first-order valence-corrected chi connectivity index (χ1v) is 10.1.